The van der Waals surface area contributed by atoms with Gasteiger partial charge in [0.15, 0.2) is 0 Å². The summed E-state index contributed by atoms with van der Waals surface area (Å²) in [6.07, 6.45) is 6.60. The topological polar surface area (TPSA) is 40.5 Å². The molecule has 0 aliphatic carbocycles. The zero-order valence-corrected chi connectivity index (χ0v) is 8.07. The van der Waals surface area contributed by atoms with Crippen LogP contribution in [-0.4, -0.2) is 29.1 Å². The summed E-state index contributed by atoms with van der Waals surface area (Å²) in [5.41, 5.74) is 0. The summed E-state index contributed by atoms with van der Waals surface area (Å²) in [5, 5.41) is 8.43. The van der Waals surface area contributed by atoms with Gasteiger partial charge in [-0.05, 0) is 18.8 Å². The van der Waals surface area contributed by atoms with Gasteiger partial charge in [-0.1, -0.05) is 13.3 Å². The van der Waals surface area contributed by atoms with Crippen molar-refractivity contribution in [2.45, 2.75) is 26.2 Å². The molecule has 0 bridgehead atoms. The van der Waals surface area contributed by atoms with Crippen molar-refractivity contribution in [1.29, 1.82) is 0 Å². The third-order valence-electron chi connectivity index (χ3n) is 2.44. The number of carbonyl (C=O) groups is 1. The van der Waals surface area contributed by atoms with Gasteiger partial charge in [0.25, 0.3) is 0 Å². The lowest BCUT2D eigenvalue weighted by Gasteiger charge is -2.11. The lowest BCUT2D eigenvalue weighted by Crippen LogP contribution is -2.13. The fraction of sp³-hybridized carbons (Fsp3) is 0.700. The van der Waals surface area contributed by atoms with Gasteiger partial charge < -0.3 is 10.0 Å². The van der Waals surface area contributed by atoms with Gasteiger partial charge in [-0.25, -0.2) is 4.79 Å². The van der Waals surface area contributed by atoms with E-state index in [1.54, 1.807) is 6.20 Å². The van der Waals surface area contributed by atoms with Gasteiger partial charge in [0, 0.05) is 25.4 Å². The highest BCUT2D eigenvalue weighted by Crippen LogP contribution is 2.20. The molecule has 1 N–H and O–H groups in total. The summed E-state index contributed by atoms with van der Waals surface area (Å²) in [6.45, 7) is 4.22. The van der Waals surface area contributed by atoms with Gasteiger partial charge in [0.2, 0.25) is 0 Å². The molecule has 1 fully saturated rings. The molecule has 1 saturated heterocycles. The lowest BCUT2D eigenvalue weighted by atomic mass is 10.0. The third kappa shape index (κ3) is 3.49. The monoisotopic (exact) mass is 183 g/mol. The number of nitrogens with zero attached hydrogens (tertiary/aromatic N) is 1. The van der Waals surface area contributed by atoms with Gasteiger partial charge in [0.05, 0.1) is 0 Å². The van der Waals surface area contributed by atoms with Crippen molar-refractivity contribution in [3.63, 3.8) is 0 Å². The van der Waals surface area contributed by atoms with E-state index in [0.29, 0.717) is 0 Å². The van der Waals surface area contributed by atoms with E-state index in [2.05, 4.69) is 11.8 Å². The highest BCUT2D eigenvalue weighted by atomic mass is 16.4. The van der Waals surface area contributed by atoms with Crippen molar-refractivity contribution >= 4 is 5.97 Å². The van der Waals surface area contributed by atoms with Crippen LogP contribution in [0.3, 0.4) is 0 Å². The van der Waals surface area contributed by atoms with Crippen LogP contribution in [-0.2, 0) is 4.79 Å². The molecular weight excluding hydrogens is 166 g/mol. The first-order valence-corrected chi connectivity index (χ1v) is 4.87. The largest absolute Gasteiger partial charge is 0.478 e. The van der Waals surface area contributed by atoms with Crippen LogP contribution in [0.1, 0.15) is 26.2 Å². The van der Waals surface area contributed by atoms with Crippen molar-refractivity contribution in [2.75, 3.05) is 13.1 Å². The van der Waals surface area contributed by atoms with Crippen molar-refractivity contribution in [2.24, 2.45) is 5.92 Å². The molecule has 3 nitrogen and oxygen atoms in total. The highest BCUT2D eigenvalue weighted by molar-refractivity contribution is 5.79. The minimum Gasteiger partial charge on any atom is -0.478 e. The van der Waals surface area contributed by atoms with Crippen LogP contribution in [0.25, 0.3) is 0 Å². The highest BCUT2D eigenvalue weighted by Gasteiger charge is 2.18. The molecule has 0 aromatic rings. The molecule has 1 rings (SSSR count). The summed E-state index contributed by atoms with van der Waals surface area (Å²) in [6, 6.07) is 0. The summed E-state index contributed by atoms with van der Waals surface area (Å²) in [4.78, 5) is 12.3. The first-order chi connectivity index (χ1) is 6.22. The minimum absolute atomic E-state index is 0.767. The molecule has 13 heavy (non-hydrogen) atoms. The fourth-order valence-electron chi connectivity index (χ4n) is 1.81. The Morgan fingerprint density at radius 2 is 2.46 bits per heavy atom. The first-order valence-electron chi connectivity index (χ1n) is 4.87. The lowest BCUT2D eigenvalue weighted by molar-refractivity contribution is -0.131. The zero-order valence-electron chi connectivity index (χ0n) is 8.07. The Kier molecular flexibility index (Phi) is 3.80. The first kappa shape index (κ1) is 10.1. The van der Waals surface area contributed by atoms with Crippen molar-refractivity contribution < 1.29 is 9.90 Å². The molecule has 1 aliphatic heterocycles. The van der Waals surface area contributed by atoms with Crippen molar-refractivity contribution in [1.82, 2.24) is 4.90 Å². The van der Waals surface area contributed by atoms with Crippen LogP contribution in [0, 0.1) is 5.92 Å². The predicted octanol–water partition coefficient (Wildman–Crippen LogP) is 1.71. The van der Waals surface area contributed by atoms with E-state index < -0.39 is 5.97 Å². The normalized spacial score (nSPS) is 22.8. The number of carboxylic acid groups (broad SMARTS) is 1. The van der Waals surface area contributed by atoms with E-state index in [1.165, 1.54) is 25.3 Å². The van der Waals surface area contributed by atoms with Crippen LogP contribution in [0.2, 0.25) is 0 Å². The van der Waals surface area contributed by atoms with E-state index in [4.69, 9.17) is 5.11 Å². The van der Waals surface area contributed by atoms with Gasteiger partial charge in [-0.15, -0.1) is 0 Å². The van der Waals surface area contributed by atoms with E-state index in [9.17, 15) is 4.79 Å². The minimum atomic E-state index is -0.862. The summed E-state index contributed by atoms with van der Waals surface area (Å²) < 4.78 is 0. The molecule has 74 valence electrons. The average molecular weight is 183 g/mol. The molecule has 0 aromatic heterocycles. The number of carboxylic acids is 1. The smallest absolute Gasteiger partial charge is 0.329 e. The fourth-order valence-corrected chi connectivity index (χ4v) is 1.81. The Bertz CT molecular complexity index is 201. The molecule has 0 amide bonds. The Hall–Kier alpha value is -0.990. The van der Waals surface area contributed by atoms with Crippen LogP contribution in [0.15, 0.2) is 12.3 Å². The maximum atomic E-state index is 10.2. The maximum Gasteiger partial charge on any atom is 0.329 e. The summed E-state index contributed by atoms with van der Waals surface area (Å²) in [7, 11) is 0. The molecule has 0 radical (unpaired) electrons. The van der Waals surface area contributed by atoms with Gasteiger partial charge >= 0.3 is 5.97 Å². The number of rotatable bonds is 4. The molecular formula is C10H17NO2. The van der Waals surface area contributed by atoms with E-state index >= 15 is 0 Å². The second-order valence-electron chi connectivity index (χ2n) is 3.59. The van der Waals surface area contributed by atoms with E-state index in [0.717, 1.165) is 19.0 Å². The predicted molar refractivity (Wildman–Crippen MR) is 51.4 cm³/mol. The summed E-state index contributed by atoms with van der Waals surface area (Å²) >= 11 is 0. The SMILES string of the molecule is CCCC1CCN(/C=C/C(=O)O)C1. The molecule has 1 aliphatic rings. The molecule has 1 unspecified atom stereocenters. The quantitative estimate of drug-likeness (QED) is 0.674. The Labute approximate surface area is 79.0 Å². The number of aliphatic carboxylic acids is 1. The molecule has 0 aromatic carbocycles. The Morgan fingerprint density at radius 3 is 3.08 bits per heavy atom. The van der Waals surface area contributed by atoms with Gasteiger partial charge in [-0.3, -0.25) is 0 Å². The zero-order chi connectivity index (χ0) is 9.68. The van der Waals surface area contributed by atoms with Crippen LogP contribution < -0.4 is 0 Å². The average Bonchev–Trinajstić information content (AvgIpc) is 2.50. The molecule has 1 atom stereocenters. The van der Waals surface area contributed by atoms with Crippen molar-refractivity contribution in [3.8, 4) is 0 Å². The van der Waals surface area contributed by atoms with Crippen molar-refractivity contribution in [3.05, 3.63) is 12.3 Å². The molecule has 3 heteroatoms. The van der Waals surface area contributed by atoms with E-state index in [-0.39, 0.29) is 0 Å². The van der Waals surface area contributed by atoms with Gasteiger partial charge in [-0.2, -0.15) is 0 Å². The second-order valence-corrected chi connectivity index (χ2v) is 3.59. The maximum absolute atomic E-state index is 10.2. The Morgan fingerprint density at radius 1 is 1.69 bits per heavy atom. The standard InChI is InChI=1S/C10H17NO2/c1-2-3-9-4-6-11(8-9)7-5-10(12)13/h5,7,9H,2-4,6,8H2,1H3,(H,12,13)/b7-5+. The molecule has 1 heterocycles. The van der Waals surface area contributed by atoms with Gasteiger partial charge in [0.1, 0.15) is 0 Å². The summed E-state index contributed by atoms with van der Waals surface area (Å²) in [5.74, 6) is -0.0950. The van der Waals surface area contributed by atoms with Crippen LogP contribution in [0.5, 0.6) is 0 Å². The number of hydrogen-bond acceptors (Lipinski definition) is 2. The van der Waals surface area contributed by atoms with Crippen LogP contribution in [0.4, 0.5) is 0 Å². The number of hydrogen-bond donors (Lipinski definition) is 1. The van der Waals surface area contributed by atoms with Crippen LogP contribution >= 0.6 is 0 Å². The molecule has 0 spiro atoms. The molecule has 0 saturated carbocycles. The van der Waals surface area contributed by atoms with E-state index in [1.807, 2.05) is 0 Å². The second kappa shape index (κ2) is 4.90. The third-order valence-corrected chi connectivity index (χ3v) is 2.44. The number of likely N-dealkylation sites (tertiary alicyclic amines) is 1. The Balaban J connectivity index is 2.28.